The third-order valence-corrected chi connectivity index (χ3v) is 3.41. The van der Waals surface area contributed by atoms with Crippen molar-refractivity contribution in [3.63, 3.8) is 0 Å². The quantitative estimate of drug-likeness (QED) is 0.456. The molecular formula is C8H17N3O5S. The molecule has 100 valence electrons. The highest BCUT2D eigenvalue weighted by Gasteiger charge is 2.17. The SMILES string of the molecule is CC(=O)NCCNS(=O)(=O)N(C)CCC(=O)O. The van der Waals surface area contributed by atoms with Crippen LogP contribution in [0, 0.1) is 0 Å². The summed E-state index contributed by atoms with van der Waals surface area (Å²) in [5.41, 5.74) is 0. The minimum absolute atomic E-state index is 0.0549. The van der Waals surface area contributed by atoms with Gasteiger partial charge in [-0.2, -0.15) is 12.7 Å². The van der Waals surface area contributed by atoms with E-state index in [1.165, 1.54) is 14.0 Å². The second-order valence-electron chi connectivity index (χ2n) is 3.35. The first-order valence-electron chi connectivity index (χ1n) is 4.93. The van der Waals surface area contributed by atoms with Gasteiger partial charge in [0.1, 0.15) is 0 Å². The molecule has 0 aromatic carbocycles. The summed E-state index contributed by atoms with van der Waals surface area (Å²) in [5.74, 6) is -1.31. The molecule has 1 amide bonds. The summed E-state index contributed by atoms with van der Waals surface area (Å²) >= 11 is 0. The van der Waals surface area contributed by atoms with Crippen LogP contribution >= 0.6 is 0 Å². The minimum atomic E-state index is -3.69. The molecule has 0 aliphatic heterocycles. The summed E-state index contributed by atoms with van der Waals surface area (Å²) in [6.07, 6.45) is -0.261. The fourth-order valence-electron chi connectivity index (χ4n) is 0.902. The molecule has 0 saturated carbocycles. The molecule has 9 heteroatoms. The maximum absolute atomic E-state index is 11.5. The second-order valence-corrected chi connectivity index (χ2v) is 5.21. The summed E-state index contributed by atoms with van der Waals surface area (Å²) in [5, 5.41) is 10.8. The molecule has 3 N–H and O–H groups in total. The van der Waals surface area contributed by atoms with Gasteiger partial charge in [0, 0.05) is 33.6 Å². The van der Waals surface area contributed by atoms with Crippen molar-refractivity contribution in [1.29, 1.82) is 0 Å². The molecule has 0 saturated heterocycles. The number of rotatable bonds is 8. The van der Waals surface area contributed by atoms with E-state index in [4.69, 9.17) is 5.11 Å². The second kappa shape index (κ2) is 7.20. The molecule has 0 radical (unpaired) electrons. The van der Waals surface area contributed by atoms with Gasteiger partial charge in [0.2, 0.25) is 5.91 Å². The molecule has 17 heavy (non-hydrogen) atoms. The summed E-state index contributed by atoms with van der Waals surface area (Å²) in [7, 11) is -2.40. The smallest absolute Gasteiger partial charge is 0.304 e. The number of carbonyl (C=O) groups is 2. The van der Waals surface area contributed by atoms with Crippen molar-refractivity contribution >= 4 is 22.1 Å². The van der Waals surface area contributed by atoms with Crippen LogP contribution in [0.1, 0.15) is 13.3 Å². The molecule has 0 fully saturated rings. The highest BCUT2D eigenvalue weighted by atomic mass is 32.2. The van der Waals surface area contributed by atoms with Crippen LogP contribution in [-0.2, 0) is 19.8 Å². The monoisotopic (exact) mass is 267 g/mol. The molecule has 0 aliphatic carbocycles. The van der Waals surface area contributed by atoms with E-state index in [-0.39, 0.29) is 32.0 Å². The van der Waals surface area contributed by atoms with Gasteiger partial charge < -0.3 is 10.4 Å². The minimum Gasteiger partial charge on any atom is -0.481 e. The molecule has 0 unspecified atom stereocenters. The molecule has 0 atom stereocenters. The zero-order valence-electron chi connectivity index (χ0n) is 9.76. The molecule has 0 aliphatic rings. The molecule has 0 aromatic rings. The highest BCUT2D eigenvalue weighted by Crippen LogP contribution is 1.95. The lowest BCUT2D eigenvalue weighted by Crippen LogP contribution is -2.42. The first-order valence-corrected chi connectivity index (χ1v) is 6.37. The fraction of sp³-hybridized carbons (Fsp3) is 0.750. The van der Waals surface area contributed by atoms with Crippen molar-refractivity contribution in [2.75, 3.05) is 26.7 Å². The van der Waals surface area contributed by atoms with Gasteiger partial charge in [-0.3, -0.25) is 9.59 Å². The average molecular weight is 267 g/mol. The Morgan fingerprint density at radius 3 is 2.35 bits per heavy atom. The Balaban J connectivity index is 4.01. The zero-order valence-corrected chi connectivity index (χ0v) is 10.6. The summed E-state index contributed by atoms with van der Waals surface area (Å²) in [6.45, 7) is 1.46. The number of nitrogens with zero attached hydrogens (tertiary/aromatic N) is 1. The topological polar surface area (TPSA) is 116 Å². The number of aliphatic carboxylic acids is 1. The van der Waals surface area contributed by atoms with Crippen molar-refractivity contribution in [3.8, 4) is 0 Å². The van der Waals surface area contributed by atoms with Gasteiger partial charge in [0.05, 0.1) is 6.42 Å². The van der Waals surface area contributed by atoms with E-state index < -0.39 is 16.2 Å². The van der Waals surface area contributed by atoms with E-state index in [1.54, 1.807) is 0 Å². The number of nitrogens with one attached hydrogen (secondary N) is 2. The van der Waals surface area contributed by atoms with Crippen LogP contribution in [0.25, 0.3) is 0 Å². The highest BCUT2D eigenvalue weighted by molar-refractivity contribution is 7.87. The molecule has 0 spiro atoms. The lowest BCUT2D eigenvalue weighted by molar-refractivity contribution is -0.137. The summed E-state index contributed by atoms with van der Waals surface area (Å²) in [4.78, 5) is 20.8. The zero-order chi connectivity index (χ0) is 13.5. The molecule has 0 aromatic heterocycles. The molecule has 0 bridgehead atoms. The molecule has 0 heterocycles. The van der Waals surface area contributed by atoms with E-state index in [9.17, 15) is 18.0 Å². The Morgan fingerprint density at radius 1 is 1.29 bits per heavy atom. The Labute approximate surface area is 100 Å². The summed E-state index contributed by atoms with van der Waals surface area (Å²) in [6, 6.07) is 0. The van der Waals surface area contributed by atoms with Crippen LogP contribution in [0.3, 0.4) is 0 Å². The first kappa shape index (κ1) is 15.8. The predicted octanol–water partition coefficient (Wildman–Crippen LogP) is -1.64. The van der Waals surface area contributed by atoms with Crippen LogP contribution in [0.5, 0.6) is 0 Å². The number of hydrogen-bond donors (Lipinski definition) is 3. The van der Waals surface area contributed by atoms with E-state index in [0.717, 1.165) is 4.31 Å². The predicted molar refractivity (Wildman–Crippen MR) is 60.5 cm³/mol. The largest absolute Gasteiger partial charge is 0.481 e. The third kappa shape index (κ3) is 7.66. The van der Waals surface area contributed by atoms with E-state index in [0.29, 0.717) is 0 Å². The van der Waals surface area contributed by atoms with E-state index in [2.05, 4.69) is 10.0 Å². The fourth-order valence-corrected chi connectivity index (χ4v) is 1.81. The number of hydrogen-bond acceptors (Lipinski definition) is 4. The number of carboxylic acid groups (broad SMARTS) is 1. The standard InChI is InChI=1S/C8H17N3O5S/c1-7(12)9-4-5-10-17(15,16)11(2)6-3-8(13)14/h10H,3-6H2,1-2H3,(H,9,12)(H,13,14). The first-order chi connectivity index (χ1) is 7.75. The van der Waals surface area contributed by atoms with Gasteiger partial charge in [0.15, 0.2) is 0 Å². The lowest BCUT2D eigenvalue weighted by atomic mass is 10.4. The van der Waals surface area contributed by atoms with Crippen LogP contribution in [0.2, 0.25) is 0 Å². The van der Waals surface area contributed by atoms with Crippen molar-refractivity contribution in [2.45, 2.75) is 13.3 Å². The normalized spacial score (nSPS) is 11.5. The van der Waals surface area contributed by atoms with Gasteiger partial charge in [-0.1, -0.05) is 0 Å². The van der Waals surface area contributed by atoms with Crippen molar-refractivity contribution in [1.82, 2.24) is 14.3 Å². The summed E-state index contributed by atoms with van der Waals surface area (Å²) < 4.78 is 26.1. The number of carbonyl (C=O) groups excluding carboxylic acids is 1. The van der Waals surface area contributed by atoms with Gasteiger partial charge in [-0.25, -0.2) is 4.72 Å². The van der Waals surface area contributed by atoms with Crippen molar-refractivity contribution < 1.29 is 23.1 Å². The van der Waals surface area contributed by atoms with Crippen LogP contribution in [0.15, 0.2) is 0 Å². The average Bonchev–Trinajstić information content (AvgIpc) is 2.20. The third-order valence-electron chi connectivity index (χ3n) is 1.83. The Hall–Kier alpha value is -1.19. The Morgan fingerprint density at radius 2 is 1.88 bits per heavy atom. The van der Waals surface area contributed by atoms with Crippen molar-refractivity contribution in [2.24, 2.45) is 0 Å². The Bertz CT molecular complexity index is 367. The lowest BCUT2D eigenvalue weighted by Gasteiger charge is -2.16. The van der Waals surface area contributed by atoms with Gasteiger partial charge in [-0.15, -0.1) is 0 Å². The number of amides is 1. The van der Waals surface area contributed by atoms with Crippen molar-refractivity contribution in [3.05, 3.63) is 0 Å². The van der Waals surface area contributed by atoms with Crippen LogP contribution in [-0.4, -0.2) is 56.4 Å². The van der Waals surface area contributed by atoms with Crippen LogP contribution < -0.4 is 10.0 Å². The van der Waals surface area contributed by atoms with Gasteiger partial charge >= 0.3 is 5.97 Å². The molecule has 8 nitrogen and oxygen atoms in total. The molecular weight excluding hydrogens is 250 g/mol. The van der Waals surface area contributed by atoms with E-state index >= 15 is 0 Å². The maximum Gasteiger partial charge on any atom is 0.304 e. The van der Waals surface area contributed by atoms with E-state index in [1.807, 2.05) is 0 Å². The van der Waals surface area contributed by atoms with Crippen LogP contribution in [0.4, 0.5) is 0 Å². The Kier molecular flexibility index (Phi) is 6.69. The van der Waals surface area contributed by atoms with Gasteiger partial charge in [0.25, 0.3) is 10.2 Å². The maximum atomic E-state index is 11.5. The van der Waals surface area contributed by atoms with Gasteiger partial charge in [-0.05, 0) is 0 Å². The number of carboxylic acids is 1. The molecule has 0 rings (SSSR count).